The van der Waals surface area contributed by atoms with Crippen LogP contribution in [-0.4, -0.2) is 67.4 Å². The molecule has 0 saturated carbocycles. The van der Waals surface area contributed by atoms with Crippen molar-refractivity contribution in [2.24, 2.45) is 0 Å². The summed E-state index contributed by atoms with van der Waals surface area (Å²) in [5, 5.41) is 10.1. The van der Waals surface area contributed by atoms with Gasteiger partial charge in [-0.25, -0.2) is 13.5 Å². The summed E-state index contributed by atoms with van der Waals surface area (Å²) in [6.07, 6.45) is -2.41. The van der Waals surface area contributed by atoms with Crippen LogP contribution in [0.25, 0.3) is 11.3 Å². The van der Waals surface area contributed by atoms with Gasteiger partial charge in [-0.3, -0.25) is 4.79 Å². The average Bonchev–Trinajstić information content (AvgIpc) is 3.36. The Kier molecular flexibility index (Phi) is 6.77. The number of amides is 1. The molecule has 2 aliphatic rings. The zero-order chi connectivity index (χ0) is 25.2. The third-order valence-electron chi connectivity index (χ3n) is 6.87. The first-order chi connectivity index (χ1) is 17.5. The molecular weight excluding hydrogens is 468 g/mol. The van der Waals surface area contributed by atoms with E-state index in [2.05, 4.69) is 15.7 Å². The van der Waals surface area contributed by atoms with E-state index in [0.717, 1.165) is 37.3 Å². The number of halogens is 2. The van der Waals surface area contributed by atoms with Crippen molar-refractivity contribution < 1.29 is 28.4 Å². The molecule has 1 fully saturated rings. The molecule has 1 aromatic heterocycles. The number of hydrogen-bond acceptors (Lipinski definition) is 5. The number of nitrogens with one attached hydrogen (secondary N) is 1. The second-order valence-corrected chi connectivity index (χ2v) is 9.04. The monoisotopic (exact) mass is 498 g/mol. The number of rotatable bonds is 6. The number of anilines is 1. The predicted octanol–water partition coefficient (Wildman–Crippen LogP) is 2.95. The minimum absolute atomic E-state index is 0.0102. The predicted molar refractivity (Wildman–Crippen MR) is 131 cm³/mol. The highest BCUT2D eigenvalue weighted by atomic mass is 19.3. The summed E-state index contributed by atoms with van der Waals surface area (Å²) in [5.74, 6) is 1.65. The topological polar surface area (TPSA) is 85.2 Å². The van der Waals surface area contributed by atoms with Gasteiger partial charge in [-0.05, 0) is 36.2 Å². The molecule has 5 rings (SSSR count). The fraction of sp³-hybridized carbons (Fsp3) is 0.385. The first-order valence-electron chi connectivity index (χ1n) is 12.1. The van der Waals surface area contributed by atoms with Gasteiger partial charge >= 0.3 is 0 Å². The van der Waals surface area contributed by atoms with Crippen LogP contribution in [0.5, 0.6) is 11.5 Å². The number of ether oxygens (including phenoxy) is 2. The summed E-state index contributed by atoms with van der Waals surface area (Å²) in [4.78, 5) is 14.6. The van der Waals surface area contributed by atoms with E-state index < -0.39 is 12.5 Å². The van der Waals surface area contributed by atoms with Crippen molar-refractivity contribution >= 4 is 11.7 Å². The van der Waals surface area contributed by atoms with Crippen molar-refractivity contribution in [1.82, 2.24) is 14.7 Å². The largest absolute Gasteiger partial charge is 0.493 e. The van der Waals surface area contributed by atoms with E-state index in [-0.39, 0.29) is 18.4 Å². The quantitative estimate of drug-likeness (QED) is 0.546. The highest BCUT2D eigenvalue weighted by molar-refractivity contribution is 5.94. The highest BCUT2D eigenvalue weighted by Crippen LogP contribution is 2.41. The fourth-order valence-corrected chi connectivity index (χ4v) is 4.89. The maximum atomic E-state index is 14.1. The van der Waals surface area contributed by atoms with E-state index in [0.29, 0.717) is 28.6 Å². The number of carbonyl (C=O) groups is 1. The van der Waals surface area contributed by atoms with Crippen molar-refractivity contribution in [3.05, 3.63) is 59.7 Å². The Hall–Kier alpha value is -3.66. The van der Waals surface area contributed by atoms with Crippen molar-refractivity contribution in [2.75, 3.05) is 45.7 Å². The van der Waals surface area contributed by atoms with Gasteiger partial charge in [-0.1, -0.05) is 18.2 Å². The van der Waals surface area contributed by atoms with Gasteiger partial charge in [0, 0.05) is 17.2 Å². The molecule has 0 bridgehead atoms. The lowest BCUT2D eigenvalue weighted by Crippen LogP contribution is -2.89. The normalized spacial score (nSPS) is 19.5. The molecule has 2 aliphatic heterocycles. The molecule has 0 radical (unpaired) electrons. The Morgan fingerprint density at radius 2 is 1.78 bits per heavy atom. The van der Waals surface area contributed by atoms with Crippen LogP contribution in [0.1, 0.15) is 34.4 Å². The number of benzene rings is 2. The van der Waals surface area contributed by atoms with Crippen molar-refractivity contribution in [3.63, 3.8) is 0 Å². The van der Waals surface area contributed by atoms with Crippen LogP contribution in [0.15, 0.2) is 48.5 Å². The zero-order valence-electron chi connectivity index (χ0n) is 20.3. The van der Waals surface area contributed by atoms with Crippen LogP contribution in [0.4, 0.5) is 14.6 Å². The Balaban J connectivity index is 1.40. The molecule has 36 heavy (non-hydrogen) atoms. The maximum absolute atomic E-state index is 14.1. The number of carbonyl (C=O) groups excluding carboxylic acids is 1. The lowest BCUT2D eigenvalue weighted by Gasteiger charge is -2.32. The smallest absolute Gasteiger partial charge is 0.260 e. The minimum atomic E-state index is -2.58. The molecule has 2 aromatic carbocycles. The van der Waals surface area contributed by atoms with Crippen molar-refractivity contribution in [1.29, 1.82) is 0 Å². The van der Waals surface area contributed by atoms with Crippen molar-refractivity contribution in [2.45, 2.75) is 24.9 Å². The van der Waals surface area contributed by atoms with Gasteiger partial charge in [0.1, 0.15) is 11.9 Å². The lowest BCUT2D eigenvalue weighted by atomic mass is 9.97. The Morgan fingerprint density at radius 3 is 2.44 bits per heavy atom. The standard InChI is InChI=1S/C26H29F2N5O3/c1-35-22-8-7-18(13-23(22)36-2)19-14-21(25(27)28)33-24(30-19)15-20(31-33)16-3-5-17(6-4-16)26(34)32-11-9-29-10-12-32/h3-8,13,15,19,21,25,29-30H,9-12,14H2,1-2H3/p+1. The summed E-state index contributed by atoms with van der Waals surface area (Å²) in [6.45, 7) is 3.28. The van der Waals surface area contributed by atoms with Crippen LogP contribution in [0, 0.1) is 0 Å². The molecule has 1 amide bonds. The highest BCUT2D eigenvalue weighted by Gasteiger charge is 2.35. The van der Waals surface area contributed by atoms with Gasteiger partial charge in [-0.15, -0.1) is 0 Å². The minimum Gasteiger partial charge on any atom is -0.493 e. The molecular formula is C26H30F2N5O3+. The van der Waals surface area contributed by atoms with E-state index >= 15 is 0 Å². The van der Waals surface area contributed by atoms with Crippen LogP contribution in [-0.2, 0) is 0 Å². The number of nitrogens with zero attached hydrogens (tertiary/aromatic N) is 3. The van der Waals surface area contributed by atoms with Gasteiger partial charge in [0.15, 0.2) is 11.5 Å². The van der Waals surface area contributed by atoms with E-state index in [1.807, 2.05) is 29.2 Å². The number of piperazine rings is 1. The summed E-state index contributed by atoms with van der Waals surface area (Å²) < 4.78 is 40.3. The Labute approximate surface area is 208 Å². The lowest BCUT2D eigenvalue weighted by molar-refractivity contribution is -0.661. The second kappa shape index (κ2) is 10.1. The molecule has 3 heterocycles. The molecule has 3 aromatic rings. The first kappa shape index (κ1) is 24.1. The number of alkyl halides is 2. The van der Waals surface area contributed by atoms with Gasteiger partial charge in [0.05, 0.1) is 52.1 Å². The van der Waals surface area contributed by atoms with E-state index in [4.69, 9.17) is 9.47 Å². The number of methoxy groups -OCH3 is 2. The molecule has 190 valence electrons. The maximum Gasteiger partial charge on any atom is 0.260 e. The molecule has 3 N–H and O–H groups in total. The summed E-state index contributed by atoms with van der Waals surface area (Å²) in [5.41, 5.74) is 2.77. The van der Waals surface area contributed by atoms with Gasteiger partial charge in [0.2, 0.25) is 0 Å². The number of fused-ring (bicyclic) bond motifs is 1. The molecule has 2 atom stereocenters. The molecule has 8 nitrogen and oxygen atoms in total. The first-order valence-corrected chi connectivity index (χ1v) is 12.1. The van der Waals surface area contributed by atoms with Crippen molar-refractivity contribution in [3.8, 4) is 22.8 Å². The molecule has 2 unspecified atom stereocenters. The third-order valence-corrected chi connectivity index (χ3v) is 6.87. The SMILES string of the molecule is COc1ccc(C2CC(C(F)F)n3nc(-c4ccc(C(=O)N5CC[NH2+]CC5)cc4)cc3N2)cc1OC. The van der Waals surface area contributed by atoms with Gasteiger partial charge in [0.25, 0.3) is 12.3 Å². The van der Waals surface area contributed by atoms with Crippen LogP contribution >= 0.6 is 0 Å². The third kappa shape index (κ3) is 4.60. The zero-order valence-corrected chi connectivity index (χ0v) is 20.3. The molecule has 0 spiro atoms. The number of aromatic nitrogens is 2. The molecule has 1 saturated heterocycles. The van der Waals surface area contributed by atoms with E-state index in [1.165, 1.54) is 4.68 Å². The van der Waals surface area contributed by atoms with Crippen LogP contribution in [0.3, 0.4) is 0 Å². The molecule has 10 heteroatoms. The van der Waals surface area contributed by atoms with Gasteiger partial charge < -0.3 is 25.0 Å². The Morgan fingerprint density at radius 1 is 1.06 bits per heavy atom. The summed E-state index contributed by atoms with van der Waals surface area (Å²) in [7, 11) is 3.10. The fourth-order valence-electron chi connectivity index (χ4n) is 4.89. The second-order valence-electron chi connectivity index (χ2n) is 9.04. The Bertz CT molecular complexity index is 1220. The number of quaternary nitrogens is 1. The number of hydrogen-bond donors (Lipinski definition) is 2. The van der Waals surface area contributed by atoms with E-state index in [9.17, 15) is 13.6 Å². The average molecular weight is 499 g/mol. The van der Waals surface area contributed by atoms with E-state index in [1.54, 1.807) is 38.5 Å². The summed E-state index contributed by atoms with van der Waals surface area (Å²) in [6, 6.07) is 13.0. The number of nitrogens with two attached hydrogens (primary N) is 1. The molecule has 0 aliphatic carbocycles. The summed E-state index contributed by atoms with van der Waals surface area (Å²) >= 11 is 0. The van der Waals surface area contributed by atoms with Gasteiger partial charge in [-0.2, -0.15) is 5.10 Å². The van der Waals surface area contributed by atoms with Crippen LogP contribution in [0.2, 0.25) is 0 Å². The van der Waals surface area contributed by atoms with Crippen LogP contribution < -0.4 is 20.1 Å².